The van der Waals surface area contributed by atoms with Crippen LogP contribution in [0.25, 0.3) is 10.8 Å². The summed E-state index contributed by atoms with van der Waals surface area (Å²) in [6.45, 7) is 31.5. The summed E-state index contributed by atoms with van der Waals surface area (Å²) in [5, 5.41) is 2.27. The maximum atomic E-state index is 5.42. The molecule has 4 aromatic rings. The molecule has 244 valence electrons. The van der Waals surface area contributed by atoms with E-state index in [1.165, 1.54) is 33.4 Å². The molecule has 0 saturated carbocycles. The van der Waals surface area contributed by atoms with Crippen LogP contribution >= 0.6 is 0 Å². The van der Waals surface area contributed by atoms with Gasteiger partial charge in [0.15, 0.2) is 0 Å². The van der Waals surface area contributed by atoms with E-state index in [9.17, 15) is 0 Å². The Hall–Kier alpha value is -3.59. The number of aromatic nitrogens is 1. The topological polar surface area (TPSA) is 37.6 Å². The molecule has 3 nitrogen and oxygen atoms in total. The molecule has 0 atom stereocenters. The van der Waals surface area contributed by atoms with Crippen molar-refractivity contribution in [3.63, 3.8) is 0 Å². The SMILES string of the molecule is C/C(=N\c1c(C(C)C)cc(C(C)C)cc1C(C)C)c1cc2ccccc2c(/C(C)=N/c2c(C(C)C)cc(C(C)C)cc2C(C)C)n1. The van der Waals surface area contributed by atoms with Gasteiger partial charge in [0, 0.05) is 5.39 Å². The summed E-state index contributed by atoms with van der Waals surface area (Å²) in [4.78, 5) is 16.1. The van der Waals surface area contributed by atoms with Gasteiger partial charge in [-0.2, -0.15) is 0 Å². The minimum Gasteiger partial charge on any atom is -0.251 e. The highest BCUT2D eigenvalue weighted by Crippen LogP contribution is 2.40. The molecule has 4 rings (SSSR count). The molecule has 0 aliphatic rings. The summed E-state index contributed by atoms with van der Waals surface area (Å²) in [6.07, 6.45) is 0. The van der Waals surface area contributed by atoms with Crippen molar-refractivity contribution in [2.45, 2.75) is 132 Å². The maximum absolute atomic E-state index is 5.42. The van der Waals surface area contributed by atoms with Crippen LogP contribution in [0.2, 0.25) is 0 Å². The molecule has 1 aromatic heterocycles. The zero-order chi connectivity index (χ0) is 34.0. The summed E-state index contributed by atoms with van der Waals surface area (Å²) in [5.41, 5.74) is 13.8. The summed E-state index contributed by atoms with van der Waals surface area (Å²) >= 11 is 0. The van der Waals surface area contributed by atoms with Crippen LogP contribution in [0.3, 0.4) is 0 Å². The fourth-order valence-electron chi connectivity index (χ4n) is 6.20. The summed E-state index contributed by atoms with van der Waals surface area (Å²) in [7, 11) is 0. The van der Waals surface area contributed by atoms with Crippen molar-refractivity contribution in [3.05, 3.63) is 99.4 Å². The zero-order valence-corrected chi connectivity index (χ0v) is 31.0. The van der Waals surface area contributed by atoms with Gasteiger partial charge in [-0.05, 0) is 94.2 Å². The Morgan fingerprint density at radius 2 is 0.891 bits per heavy atom. The van der Waals surface area contributed by atoms with Gasteiger partial charge in [-0.15, -0.1) is 0 Å². The quantitative estimate of drug-likeness (QED) is 0.164. The molecule has 0 aliphatic carbocycles. The van der Waals surface area contributed by atoms with Gasteiger partial charge in [-0.3, -0.25) is 9.98 Å². The van der Waals surface area contributed by atoms with Crippen LogP contribution in [-0.4, -0.2) is 16.4 Å². The largest absolute Gasteiger partial charge is 0.251 e. The second-order valence-electron chi connectivity index (χ2n) is 15.0. The van der Waals surface area contributed by atoms with Crippen LogP contribution in [0, 0.1) is 0 Å². The van der Waals surface area contributed by atoms with Crippen molar-refractivity contribution in [1.29, 1.82) is 0 Å². The number of nitrogens with zero attached hydrogens (tertiary/aromatic N) is 3. The molecule has 0 amide bonds. The number of aliphatic imine (C=N–C) groups is 2. The Bertz CT molecular complexity index is 1700. The molecule has 3 heteroatoms. The van der Waals surface area contributed by atoms with E-state index in [1.54, 1.807) is 0 Å². The first kappa shape index (κ1) is 35.3. The maximum Gasteiger partial charge on any atom is 0.0928 e. The van der Waals surface area contributed by atoms with Gasteiger partial charge in [0.05, 0.1) is 34.2 Å². The van der Waals surface area contributed by atoms with Crippen molar-refractivity contribution in [2.75, 3.05) is 0 Å². The highest BCUT2D eigenvalue weighted by Gasteiger charge is 2.20. The van der Waals surface area contributed by atoms with Gasteiger partial charge in [0.25, 0.3) is 0 Å². The molecule has 0 bridgehead atoms. The first-order valence-corrected chi connectivity index (χ1v) is 17.5. The lowest BCUT2D eigenvalue weighted by Gasteiger charge is -2.21. The van der Waals surface area contributed by atoms with Crippen LogP contribution in [0.4, 0.5) is 11.4 Å². The van der Waals surface area contributed by atoms with Crippen molar-refractivity contribution in [3.8, 4) is 0 Å². The van der Waals surface area contributed by atoms with Crippen molar-refractivity contribution < 1.29 is 0 Å². The van der Waals surface area contributed by atoms with Gasteiger partial charge in [0.1, 0.15) is 0 Å². The van der Waals surface area contributed by atoms with Gasteiger partial charge in [-0.25, -0.2) is 4.98 Å². The zero-order valence-electron chi connectivity index (χ0n) is 31.0. The fourth-order valence-corrected chi connectivity index (χ4v) is 6.20. The van der Waals surface area contributed by atoms with E-state index in [2.05, 4.69) is 152 Å². The third-order valence-corrected chi connectivity index (χ3v) is 9.22. The van der Waals surface area contributed by atoms with Crippen LogP contribution in [0.5, 0.6) is 0 Å². The monoisotopic (exact) mass is 615 g/mol. The lowest BCUT2D eigenvalue weighted by atomic mass is 9.87. The Morgan fingerprint density at radius 3 is 1.28 bits per heavy atom. The average molecular weight is 616 g/mol. The van der Waals surface area contributed by atoms with Gasteiger partial charge >= 0.3 is 0 Å². The molecule has 0 unspecified atom stereocenters. The normalized spacial score (nSPS) is 13.1. The van der Waals surface area contributed by atoms with Crippen LogP contribution in [0.15, 0.2) is 64.6 Å². The smallest absolute Gasteiger partial charge is 0.0928 e. The fraction of sp³-hybridized carbons (Fsp3) is 0.465. The molecule has 0 spiro atoms. The molecule has 0 radical (unpaired) electrons. The number of hydrogen-bond donors (Lipinski definition) is 0. The van der Waals surface area contributed by atoms with E-state index in [0.717, 1.165) is 45.0 Å². The molecule has 1 heterocycles. The first-order valence-electron chi connectivity index (χ1n) is 17.5. The highest BCUT2D eigenvalue weighted by atomic mass is 14.8. The number of hydrogen-bond acceptors (Lipinski definition) is 3. The van der Waals surface area contributed by atoms with Crippen molar-refractivity contribution in [1.82, 2.24) is 4.98 Å². The second-order valence-corrected chi connectivity index (χ2v) is 15.0. The average Bonchev–Trinajstić information content (AvgIpc) is 2.99. The highest BCUT2D eigenvalue weighted by molar-refractivity contribution is 6.11. The van der Waals surface area contributed by atoms with Gasteiger partial charge in [-0.1, -0.05) is 132 Å². The van der Waals surface area contributed by atoms with Crippen molar-refractivity contribution >= 4 is 33.6 Å². The van der Waals surface area contributed by atoms with E-state index in [0.29, 0.717) is 35.5 Å². The standard InChI is InChI=1S/C43H57N3/c1-24(2)33-19-36(26(5)6)42(37(20-33)27(7)8)44-30(13)40-23-32-17-15-16-18-35(32)41(46-40)31(14)45-43-38(28(9)10)21-34(25(3)4)22-39(43)29(11)12/h15-29H,1-14H3/b44-30+,45-31+. The van der Waals surface area contributed by atoms with Gasteiger partial charge in [0.2, 0.25) is 0 Å². The first-order chi connectivity index (χ1) is 21.6. The lowest BCUT2D eigenvalue weighted by Crippen LogP contribution is -2.08. The van der Waals surface area contributed by atoms with Gasteiger partial charge < -0.3 is 0 Å². The number of rotatable bonds is 10. The predicted molar refractivity (Wildman–Crippen MR) is 203 cm³/mol. The minimum atomic E-state index is 0.362. The molecular weight excluding hydrogens is 558 g/mol. The molecular formula is C43H57N3. The van der Waals surface area contributed by atoms with E-state index in [1.807, 2.05) is 0 Å². The number of fused-ring (bicyclic) bond motifs is 1. The second kappa shape index (κ2) is 14.4. The predicted octanol–water partition coefficient (Wildman–Crippen LogP) is 13.3. The minimum absolute atomic E-state index is 0.362. The molecule has 46 heavy (non-hydrogen) atoms. The molecule has 0 N–H and O–H groups in total. The third-order valence-electron chi connectivity index (χ3n) is 9.22. The third kappa shape index (κ3) is 7.51. The van der Waals surface area contributed by atoms with Crippen LogP contribution in [-0.2, 0) is 0 Å². The van der Waals surface area contributed by atoms with Crippen molar-refractivity contribution in [2.24, 2.45) is 9.98 Å². The summed E-state index contributed by atoms with van der Waals surface area (Å²) in [5.74, 6) is 2.39. The van der Waals surface area contributed by atoms with Crippen LogP contribution < -0.4 is 0 Å². The molecule has 0 saturated heterocycles. The summed E-state index contributed by atoms with van der Waals surface area (Å²) in [6, 6.07) is 20.2. The Balaban J connectivity index is 1.97. The number of pyridine rings is 1. The van der Waals surface area contributed by atoms with E-state index in [-0.39, 0.29) is 0 Å². The Labute approximate surface area is 279 Å². The van der Waals surface area contributed by atoms with E-state index < -0.39 is 0 Å². The Kier molecular flexibility index (Phi) is 11.1. The number of benzene rings is 3. The molecule has 0 aliphatic heterocycles. The van der Waals surface area contributed by atoms with E-state index in [4.69, 9.17) is 15.0 Å². The van der Waals surface area contributed by atoms with Crippen LogP contribution in [0.1, 0.15) is 177 Å². The molecule has 3 aromatic carbocycles. The lowest BCUT2D eigenvalue weighted by molar-refractivity contribution is 0.805. The molecule has 0 fully saturated rings. The van der Waals surface area contributed by atoms with E-state index >= 15 is 0 Å². The Morgan fingerprint density at radius 1 is 0.500 bits per heavy atom. The summed E-state index contributed by atoms with van der Waals surface area (Å²) < 4.78 is 0.